The quantitative estimate of drug-likeness (QED) is 0.441. The molecule has 3 N–H and O–H groups in total. The number of hydrogen-bond donors (Lipinski definition) is 2. The van der Waals surface area contributed by atoms with Crippen LogP contribution in [0.2, 0.25) is 0 Å². The number of nitrogens with two attached hydrogens (primary N) is 1. The van der Waals surface area contributed by atoms with Crippen LogP contribution >= 0.6 is 0 Å². The highest BCUT2D eigenvalue weighted by Crippen LogP contribution is 2.23. The van der Waals surface area contributed by atoms with Crippen molar-refractivity contribution in [2.75, 3.05) is 18.5 Å². The van der Waals surface area contributed by atoms with Crippen LogP contribution in [0.1, 0.15) is 33.1 Å². The average Bonchev–Trinajstić information content (AvgIpc) is 2.35. The van der Waals surface area contributed by atoms with Crippen molar-refractivity contribution in [3.05, 3.63) is 30.3 Å². The Morgan fingerprint density at radius 1 is 1.22 bits per heavy atom. The number of amidine groups is 1. The van der Waals surface area contributed by atoms with Crippen LogP contribution in [0.5, 0.6) is 0 Å². The highest BCUT2D eigenvalue weighted by Gasteiger charge is 2.20. The van der Waals surface area contributed by atoms with Crippen molar-refractivity contribution < 1.29 is 0 Å². The zero-order chi connectivity index (χ0) is 13.6. The molecule has 0 aliphatic heterocycles. The van der Waals surface area contributed by atoms with Gasteiger partial charge in [0.05, 0.1) is 5.84 Å². The Bertz CT molecular complexity index is 371. The fraction of sp³-hybridized carbons (Fsp3) is 0.533. The largest absolute Gasteiger partial charge is 0.387 e. The van der Waals surface area contributed by atoms with Gasteiger partial charge < -0.3 is 10.6 Å². The summed E-state index contributed by atoms with van der Waals surface area (Å²) in [5.41, 5.74) is 6.67. The maximum absolute atomic E-state index is 7.52. The highest BCUT2D eigenvalue weighted by atomic mass is 15.1. The zero-order valence-corrected chi connectivity index (χ0v) is 11.7. The molecular weight excluding hydrogens is 222 g/mol. The van der Waals surface area contributed by atoms with Gasteiger partial charge in [-0.15, -0.1) is 0 Å². The predicted octanol–water partition coefficient (Wildman–Crippen LogP) is 3.26. The van der Waals surface area contributed by atoms with Gasteiger partial charge in [-0.05, 0) is 25.0 Å². The minimum atomic E-state index is -0.161. The van der Waals surface area contributed by atoms with Crippen molar-refractivity contribution in [1.29, 1.82) is 5.41 Å². The van der Waals surface area contributed by atoms with Crippen molar-refractivity contribution >= 4 is 11.5 Å². The van der Waals surface area contributed by atoms with Gasteiger partial charge >= 0.3 is 0 Å². The Morgan fingerprint density at radius 3 is 2.39 bits per heavy atom. The van der Waals surface area contributed by atoms with E-state index in [4.69, 9.17) is 11.1 Å². The number of unbranched alkanes of at least 4 members (excludes halogenated alkanes) is 1. The number of para-hydroxylation sites is 1. The van der Waals surface area contributed by atoms with E-state index in [1.54, 1.807) is 0 Å². The molecule has 1 rings (SSSR count). The second-order valence-electron chi connectivity index (χ2n) is 5.51. The summed E-state index contributed by atoms with van der Waals surface area (Å²) >= 11 is 0. The van der Waals surface area contributed by atoms with E-state index in [9.17, 15) is 0 Å². The molecule has 1 aromatic rings. The predicted molar refractivity (Wildman–Crippen MR) is 79.3 cm³/mol. The number of nitrogens with one attached hydrogen (secondary N) is 1. The van der Waals surface area contributed by atoms with Gasteiger partial charge in [0.15, 0.2) is 0 Å². The standard InChI is InChI=1S/C15H25N3/c1-15(2,14(16)17)11-7-8-12-18(3)13-9-5-4-6-10-13/h4-6,9-10H,7-8,11-12H2,1-3H3,(H3,16,17). The second-order valence-corrected chi connectivity index (χ2v) is 5.51. The minimum Gasteiger partial charge on any atom is -0.387 e. The monoisotopic (exact) mass is 247 g/mol. The highest BCUT2D eigenvalue weighted by molar-refractivity contribution is 5.82. The Hall–Kier alpha value is -1.51. The van der Waals surface area contributed by atoms with E-state index in [0.29, 0.717) is 5.84 Å². The second kappa shape index (κ2) is 6.43. The summed E-state index contributed by atoms with van der Waals surface area (Å²) in [4.78, 5) is 2.26. The van der Waals surface area contributed by atoms with Crippen LogP contribution in [-0.4, -0.2) is 19.4 Å². The Labute approximate surface area is 111 Å². The molecule has 0 aliphatic rings. The lowest BCUT2D eigenvalue weighted by atomic mass is 9.86. The first-order chi connectivity index (χ1) is 8.43. The van der Waals surface area contributed by atoms with Gasteiger partial charge in [0.25, 0.3) is 0 Å². The van der Waals surface area contributed by atoms with Crippen LogP contribution in [-0.2, 0) is 0 Å². The SMILES string of the molecule is CN(CCCCC(C)(C)C(=N)N)c1ccccc1. The van der Waals surface area contributed by atoms with Crippen LogP contribution in [0.25, 0.3) is 0 Å². The first kappa shape index (κ1) is 14.6. The van der Waals surface area contributed by atoms with Crippen LogP contribution in [0.4, 0.5) is 5.69 Å². The minimum absolute atomic E-state index is 0.161. The molecule has 0 unspecified atom stereocenters. The van der Waals surface area contributed by atoms with E-state index in [1.165, 1.54) is 5.69 Å². The number of rotatable bonds is 7. The fourth-order valence-corrected chi connectivity index (χ4v) is 1.86. The average molecular weight is 247 g/mol. The summed E-state index contributed by atoms with van der Waals surface area (Å²) in [6.45, 7) is 5.12. The van der Waals surface area contributed by atoms with Crippen molar-refractivity contribution in [1.82, 2.24) is 0 Å². The molecule has 0 heterocycles. The molecule has 0 amide bonds. The molecule has 0 fully saturated rings. The molecule has 0 saturated carbocycles. The van der Waals surface area contributed by atoms with Gasteiger partial charge in [-0.3, -0.25) is 5.41 Å². The molecule has 0 bridgehead atoms. The van der Waals surface area contributed by atoms with E-state index in [1.807, 2.05) is 19.9 Å². The number of anilines is 1. The Balaban J connectivity index is 2.29. The Kier molecular flexibility index (Phi) is 5.20. The molecule has 0 aromatic heterocycles. The first-order valence-electron chi connectivity index (χ1n) is 6.54. The van der Waals surface area contributed by atoms with Gasteiger partial charge in [0, 0.05) is 24.7 Å². The molecule has 0 aliphatic carbocycles. The third kappa shape index (κ3) is 4.40. The molecular formula is C15H25N3. The summed E-state index contributed by atoms with van der Waals surface area (Å²) in [5.74, 6) is 0.291. The number of benzene rings is 1. The van der Waals surface area contributed by atoms with Crippen LogP contribution in [0.15, 0.2) is 30.3 Å². The topological polar surface area (TPSA) is 53.1 Å². The van der Waals surface area contributed by atoms with Gasteiger partial charge in [0.2, 0.25) is 0 Å². The molecule has 0 radical (unpaired) electrons. The van der Waals surface area contributed by atoms with Crippen molar-refractivity contribution in [2.45, 2.75) is 33.1 Å². The molecule has 3 heteroatoms. The number of nitrogens with zero attached hydrogens (tertiary/aromatic N) is 1. The summed E-state index contributed by atoms with van der Waals surface area (Å²) in [7, 11) is 2.12. The fourth-order valence-electron chi connectivity index (χ4n) is 1.86. The van der Waals surface area contributed by atoms with Crippen molar-refractivity contribution in [3.8, 4) is 0 Å². The lowest BCUT2D eigenvalue weighted by molar-refractivity contribution is 0.442. The Morgan fingerprint density at radius 2 is 1.83 bits per heavy atom. The lowest BCUT2D eigenvalue weighted by Crippen LogP contribution is -2.31. The maximum atomic E-state index is 7.52. The molecule has 0 atom stereocenters. The summed E-state index contributed by atoms with van der Waals surface area (Å²) < 4.78 is 0. The van der Waals surface area contributed by atoms with Crippen LogP contribution in [0, 0.1) is 10.8 Å². The van der Waals surface area contributed by atoms with Crippen LogP contribution < -0.4 is 10.6 Å². The summed E-state index contributed by atoms with van der Waals surface area (Å²) in [6.07, 6.45) is 3.21. The maximum Gasteiger partial charge on any atom is 0.0963 e. The van der Waals surface area contributed by atoms with E-state index in [2.05, 4.69) is 36.2 Å². The smallest absolute Gasteiger partial charge is 0.0963 e. The van der Waals surface area contributed by atoms with Gasteiger partial charge in [-0.1, -0.05) is 38.5 Å². The molecule has 3 nitrogen and oxygen atoms in total. The van der Waals surface area contributed by atoms with E-state index in [0.717, 1.165) is 25.8 Å². The van der Waals surface area contributed by atoms with Crippen molar-refractivity contribution in [3.63, 3.8) is 0 Å². The van der Waals surface area contributed by atoms with E-state index >= 15 is 0 Å². The van der Waals surface area contributed by atoms with Crippen LogP contribution in [0.3, 0.4) is 0 Å². The van der Waals surface area contributed by atoms with Gasteiger partial charge in [-0.2, -0.15) is 0 Å². The molecule has 1 aromatic carbocycles. The van der Waals surface area contributed by atoms with Crippen molar-refractivity contribution in [2.24, 2.45) is 11.1 Å². The first-order valence-corrected chi connectivity index (χ1v) is 6.54. The lowest BCUT2D eigenvalue weighted by Gasteiger charge is -2.24. The van der Waals surface area contributed by atoms with E-state index in [-0.39, 0.29) is 5.41 Å². The molecule has 100 valence electrons. The number of hydrogen-bond acceptors (Lipinski definition) is 2. The van der Waals surface area contributed by atoms with Gasteiger partial charge in [-0.25, -0.2) is 0 Å². The zero-order valence-electron chi connectivity index (χ0n) is 11.7. The molecule has 0 spiro atoms. The van der Waals surface area contributed by atoms with E-state index < -0.39 is 0 Å². The normalized spacial score (nSPS) is 11.3. The third-order valence-electron chi connectivity index (χ3n) is 3.47. The summed E-state index contributed by atoms with van der Waals surface area (Å²) in [5, 5.41) is 7.52. The van der Waals surface area contributed by atoms with Gasteiger partial charge in [0.1, 0.15) is 0 Å². The summed E-state index contributed by atoms with van der Waals surface area (Å²) in [6, 6.07) is 10.4. The third-order valence-corrected chi connectivity index (χ3v) is 3.47. The molecule has 18 heavy (non-hydrogen) atoms. The molecule has 0 saturated heterocycles.